The zero-order chi connectivity index (χ0) is 21.8. The highest BCUT2D eigenvalue weighted by Gasteiger charge is 2.51. The van der Waals surface area contributed by atoms with E-state index in [1.165, 1.54) is 23.7 Å². The van der Waals surface area contributed by atoms with Crippen LogP contribution in [0.3, 0.4) is 0 Å². The van der Waals surface area contributed by atoms with Gasteiger partial charge in [-0.15, -0.1) is 11.8 Å². The standard InChI is InChI=1S/C19H26ClN5O4S/c1-24-16-14(18(27)25(2)19(24)28)17(30-10-13(26)21-8-9-29-3)23-15(22-16)11-4-6-12(20)7-5-11/h4-7,14-17,22-23H,8-10H2,1-3H3,(H,21,26). The third kappa shape index (κ3) is 4.89. The lowest BCUT2D eigenvalue weighted by atomic mass is 9.96. The van der Waals surface area contributed by atoms with Crippen molar-refractivity contribution in [2.75, 3.05) is 40.1 Å². The number of benzene rings is 1. The predicted molar refractivity (Wildman–Crippen MR) is 115 cm³/mol. The third-order valence-corrected chi connectivity index (χ3v) is 6.65. The van der Waals surface area contributed by atoms with Gasteiger partial charge in [0.2, 0.25) is 11.8 Å². The van der Waals surface area contributed by atoms with E-state index in [4.69, 9.17) is 16.3 Å². The average molecular weight is 456 g/mol. The molecule has 0 spiro atoms. The number of methoxy groups -OCH3 is 1. The van der Waals surface area contributed by atoms with Crippen molar-refractivity contribution in [1.82, 2.24) is 25.8 Å². The molecule has 2 heterocycles. The molecule has 9 nitrogen and oxygen atoms in total. The van der Waals surface area contributed by atoms with Crippen LogP contribution >= 0.6 is 23.4 Å². The molecule has 2 aliphatic rings. The van der Waals surface area contributed by atoms with Crippen molar-refractivity contribution in [1.29, 1.82) is 0 Å². The summed E-state index contributed by atoms with van der Waals surface area (Å²) >= 11 is 7.35. The van der Waals surface area contributed by atoms with Crippen molar-refractivity contribution >= 4 is 41.2 Å². The number of rotatable bonds is 7. The number of urea groups is 1. The van der Waals surface area contributed by atoms with Gasteiger partial charge in [0.05, 0.1) is 36.0 Å². The van der Waals surface area contributed by atoms with Gasteiger partial charge in [-0.05, 0) is 17.7 Å². The maximum Gasteiger partial charge on any atom is 0.327 e. The number of thioether (sulfide) groups is 1. The largest absolute Gasteiger partial charge is 0.383 e. The lowest BCUT2D eigenvalue weighted by molar-refractivity contribution is -0.140. The van der Waals surface area contributed by atoms with Crippen molar-refractivity contribution in [3.05, 3.63) is 34.9 Å². The van der Waals surface area contributed by atoms with Crippen molar-refractivity contribution in [2.24, 2.45) is 5.92 Å². The van der Waals surface area contributed by atoms with E-state index in [0.29, 0.717) is 18.2 Å². The summed E-state index contributed by atoms with van der Waals surface area (Å²) in [5.41, 5.74) is 0.917. The van der Waals surface area contributed by atoms with Crippen LogP contribution < -0.4 is 16.0 Å². The SMILES string of the molecule is COCCNC(=O)CSC1NC(c2ccc(Cl)cc2)NC2C1C(=O)N(C)C(=O)N2C. The van der Waals surface area contributed by atoms with E-state index in [1.54, 1.807) is 26.3 Å². The molecule has 0 aliphatic carbocycles. The Labute approximate surface area is 184 Å². The number of carbonyl (C=O) groups is 3. The van der Waals surface area contributed by atoms with Crippen LogP contribution in [0, 0.1) is 5.92 Å². The molecule has 2 fully saturated rings. The topological polar surface area (TPSA) is 103 Å². The molecule has 1 aromatic rings. The zero-order valence-electron chi connectivity index (χ0n) is 17.1. The van der Waals surface area contributed by atoms with Crippen molar-refractivity contribution in [3.8, 4) is 0 Å². The fourth-order valence-electron chi connectivity index (χ4n) is 3.56. The van der Waals surface area contributed by atoms with Crippen molar-refractivity contribution < 1.29 is 19.1 Å². The Kier molecular flexibility index (Phi) is 7.59. The van der Waals surface area contributed by atoms with Gasteiger partial charge in [-0.3, -0.25) is 25.1 Å². The molecule has 0 aromatic heterocycles. The van der Waals surface area contributed by atoms with Crippen LogP contribution in [0.2, 0.25) is 5.02 Å². The fraction of sp³-hybridized carbons (Fsp3) is 0.526. The molecular formula is C19H26ClN5O4S. The second-order valence-electron chi connectivity index (χ2n) is 7.15. The number of nitrogens with zero attached hydrogens (tertiary/aromatic N) is 2. The highest BCUT2D eigenvalue weighted by atomic mass is 35.5. The lowest BCUT2D eigenvalue weighted by Crippen LogP contribution is -2.72. The number of amides is 4. The Morgan fingerprint density at radius 1 is 1.23 bits per heavy atom. The minimum Gasteiger partial charge on any atom is -0.383 e. The summed E-state index contributed by atoms with van der Waals surface area (Å²) < 4.78 is 4.94. The molecule has 2 aliphatic heterocycles. The number of nitrogens with one attached hydrogen (secondary N) is 3. The minimum absolute atomic E-state index is 0.141. The van der Waals surface area contributed by atoms with Crippen LogP contribution in [0.15, 0.2) is 24.3 Å². The molecule has 1 aromatic carbocycles. The highest BCUT2D eigenvalue weighted by molar-refractivity contribution is 8.00. The van der Waals surface area contributed by atoms with Gasteiger partial charge in [0.15, 0.2) is 0 Å². The summed E-state index contributed by atoms with van der Waals surface area (Å²) in [6.45, 7) is 0.857. The molecule has 164 valence electrons. The Balaban J connectivity index is 1.79. The summed E-state index contributed by atoms with van der Waals surface area (Å²) in [5, 5.41) is 9.79. The summed E-state index contributed by atoms with van der Waals surface area (Å²) in [4.78, 5) is 40.2. The van der Waals surface area contributed by atoms with Crippen LogP contribution in [0.1, 0.15) is 11.7 Å². The molecular weight excluding hydrogens is 430 g/mol. The number of hydrogen-bond acceptors (Lipinski definition) is 7. The van der Waals surface area contributed by atoms with E-state index in [2.05, 4.69) is 16.0 Å². The monoisotopic (exact) mass is 455 g/mol. The molecule has 0 radical (unpaired) electrons. The molecule has 4 atom stereocenters. The van der Waals surface area contributed by atoms with Crippen LogP contribution in [0.4, 0.5) is 4.79 Å². The minimum atomic E-state index is -0.543. The molecule has 0 bridgehead atoms. The molecule has 4 unspecified atom stereocenters. The first kappa shape index (κ1) is 22.8. The van der Waals surface area contributed by atoms with Gasteiger partial charge in [0.25, 0.3) is 0 Å². The maximum atomic E-state index is 12.9. The van der Waals surface area contributed by atoms with Gasteiger partial charge in [-0.25, -0.2) is 4.79 Å². The number of imide groups is 1. The Morgan fingerprint density at radius 3 is 2.60 bits per heavy atom. The quantitative estimate of drug-likeness (QED) is 0.523. The average Bonchev–Trinajstić information content (AvgIpc) is 2.74. The number of halogens is 1. The van der Waals surface area contributed by atoms with Gasteiger partial charge in [0.1, 0.15) is 0 Å². The first-order valence-corrected chi connectivity index (χ1v) is 11.0. The van der Waals surface area contributed by atoms with E-state index in [-0.39, 0.29) is 35.1 Å². The number of carbonyl (C=O) groups excluding carboxylic acids is 3. The van der Waals surface area contributed by atoms with Gasteiger partial charge < -0.3 is 15.0 Å². The van der Waals surface area contributed by atoms with E-state index in [1.807, 2.05) is 12.1 Å². The van der Waals surface area contributed by atoms with E-state index in [9.17, 15) is 14.4 Å². The third-order valence-electron chi connectivity index (χ3n) is 5.18. The summed E-state index contributed by atoms with van der Waals surface area (Å²) in [7, 11) is 4.71. The molecule has 3 N–H and O–H groups in total. The maximum absolute atomic E-state index is 12.9. The van der Waals surface area contributed by atoms with Crippen molar-refractivity contribution in [2.45, 2.75) is 17.7 Å². The van der Waals surface area contributed by atoms with Crippen LogP contribution in [0.5, 0.6) is 0 Å². The molecule has 2 saturated heterocycles. The van der Waals surface area contributed by atoms with Crippen LogP contribution in [0.25, 0.3) is 0 Å². The number of hydrogen-bond donors (Lipinski definition) is 3. The van der Waals surface area contributed by atoms with E-state index in [0.717, 1.165) is 10.5 Å². The van der Waals surface area contributed by atoms with Gasteiger partial charge in [0, 0.05) is 32.8 Å². The normalized spacial score (nSPS) is 26.5. The number of fused-ring (bicyclic) bond motifs is 1. The zero-order valence-corrected chi connectivity index (χ0v) is 18.6. The van der Waals surface area contributed by atoms with Gasteiger partial charge in [-0.1, -0.05) is 23.7 Å². The second kappa shape index (κ2) is 9.97. The number of ether oxygens (including phenoxy) is 1. The molecule has 3 rings (SSSR count). The van der Waals surface area contributed by atoms with Crippen LogP contribution in [-0.2, 0) is 14.3 Å². The van der Waals surface area contributed by atoms with Gasteiger partial charge >= 0.3 is 6.03 Å². The van der Waals surface area contributed by atoms with E-state index >= 15 is 0 Å². The molecule has 4 amide bonds. The van der Waals surface area contributed by atoms with Crippen molar-refractivity contribution in [3.63, 3.8) is 0 Å². The van der Waals surface area contributed by atoms with Gasteiger partial charge in [-0.2, -0.15) is 0 Å². The van der Waals surface area contributed by atoms with Crippen LogP contribution in [-0.4, -0.2) is 79.3 Å². The predicted octanol–water partition coefficient (Wildman–Crippen LogP) is 0.819. The van der Waals surface area contributed by atoms with E-state index < -0.39 is 12.1 Å². The second-order valence-corrected chi connectivity index (χ2v) is 8.72. The molecule has 11 heteroatoms. The Morgan fingerprint density at radius 2 is 1.93 bits per heavy atom. The summed E-state index contributed by atoms with van der Waals surface area (Å²) in [6, 6.07) is 6.96. The first-order valence-electron chi connectivity index (χ1n) is 9.52. The summed E-state index contributed by atoms with van der Waals surface area (Å²) in [5.74, 6) is -0.793. The summed E-state index contributed by atoms with van der Waals surface area (Å²) in [6.07, 6.45) is -0.818. The smallest absolute Gasteiger partial charge is 0.327 e. The highest BCUT2D eigenvalue weighted by Crippen LogP contribution is 2.34. The lowest BCUT2D eigenvalue weighted by Gasteiger charge is -2.50. The fourth-order valence-corrected chi connectivity index (χ4v) is 4.82. The molecule has 0 saturated carbocycles. The first-order chi connectivity index (χ1) is 14.3. The molecule has 30 heavy (non-hydrogen) atoms. The Hall–Kier alpha value is -1.85. The Bertz CT molecular complexity index is 796.